The standard InChI is InChI=1S/C12H20NS2/c1-4-13(5-2,6-3)15-14-12-10-8-7-9-11-12/h7-11H,4-6H2,1-3H3/q+1. The third-order valence-electron chi connectivity index (χ3n) is 2.76. The fraction of sp³-hybridized carbons (Fsp3) is 0.500. The smallest absolute Gasteiger partial charge is 0.152 e. The summed E-state index contributed by atoms with van der Waals surface area (Å²) in [6.07, 6.45) is 0. The van der Waals surface area contributed by atoms with E-state index in [0.29, 0.717) is 0 Å². The Hall–Kier alpha value is -0.120. The molecule has 0 saturated carbocycles. The normalized spacial score (nSPS) is 11.7. The van der Waals surface area contributed by atoms with Crippen molar-refractivity contribution in [3.05, 3.63) is 30.3 Å². The maximum absolute atomic E-state index is 2.27. The maximum Gasteiger partial charge on any atom is 0.152 e. The fourth-order valence-corrected chi connectivity index (χ4v) is 4.27. The van der Waals surface area contributed by atoms with Gasteiger partial charge in [-0.25, -0.2) is 0 Å². The molecule has 0 heterocycles. The molecule has 3 heteroatoms. The van der Waals surface area contributed by atoms with Gasteiger partial charge in [-0.05, 0) is 32.9 Å². The second kappa shape index (κ2) is 6.46. The van der Waals surface area contributed by atoms with Gasteiger partial charge in [0.05, 0.1) is 19.6 Å². The Kier molecular flexibility index (Phi) is 5.58. The minimum atomic E-state index is 1.12. The molecule has 0 amide bonds. The lowest BCUT2D eigenvalue weighted by molar-refractivity contribution is -0.787. The van der Waals surface area contributed by atoms with Gasteiger partial charge in [-0.2, -0.15) is 0 Å². The summed E-state index contributed by atoms with van der Waals surface area (Å²) in [5.74, 6) is 0. The van der Waals surface area contributed by atoms with E-state index in [-0.39, 0.29) is 0 Å². The fourth-order valence-electron chi connectivity index (χ4n) is 1.43. The van der Waals surface area contributed by atoms with Crippen LogP contribution in [0.1, 0.15) is 20.8 Å². The van der Waals surface area contributed by atoms with Gasteiger partial charge in [0.25, 0.3) is 0 Å². The highest BCUT2D eigenvalue weighted by atomic mass is 33.1. The first-order chi connectivity index (χ1) is 7.26. The second-order valence-electron chi connectivity index (χ2n) is 3.48. The second-order valence-corrected chi connectivity index (χ2v) is 5.99. The van der Waals surface area contributed by atoms with E-state index < -0.39 is 0 Å². The molecule has 0 atom stereocenters. The van der Waals surface area contributed by atoms with Crippen molar-refractivity contribution >= 4 is 21.8 Å². The molecule has 0 aromatic heterocycles. The first kappa shape index (κ1) is 12.9. The zero-order valence-electron chi connectivity index (χ0n) is 9.77. The molecule has 0 aliphatic heterocycles. The molecule has 0 unspecified atom stereocenters. The van der Waals surface area contributed by atoms with Crippen LogP contribution in [0, 0.1) is 0 Å². The van der Waals surface area contributed by atoms with Crippen molar-refractivity contribution in [3.63, 3.8) is 0 Å². The minimum Gasteiger partial charge on any atom is -0.252 e. The van der Waals surface area contributed by atoms with E-state index in [0.717, 1.165) is 3.89 Å². The van der Waals surface area contributed by atoms with Crippen molar-refractivity contribution in [2.75, 3.05) is 19.6 Å². The van der Waals surface area contributed by atoms with Crippen molar-refractivity contribution in [2.24, 2.45) is 0 Å². The highest BCUT2D eigenvalue weighted by Gasteiger charge is 2.23. The lowest BCUT2D eigenvalue weighted by Gasteiger charge is -2.31. The molecule has 0 aliphatic carbocycles. The molecule has 0 aliphatic rings. The summed E-state index contributed by atoms with van der Waals surface area (Å²) in [5.41, 5.74) is 0. The summed E-state index contributed by atoms with van der Waals surface area (Å²) in [6.45, 7) is 10.4. The van der Waals surface area contributed by atoms with Gasteiger partial charge in [-0.1, -0.05) is 18.2 Å². The predicted octanol–water partition coefficient (Wildman–Crippen LogP) is 4.22. The average molecular weight is 242 g/mol. The first-order valence-electron chi connectivity index (χ1n) is 5.53. The van der Waals surface area contributed by atoms with Gasteiger partial charge in [0.2, 0.25) is 0 Å². The number of benzene rings is 1. The largest absolute Gasteiger partial charge is 0.252 e. The molecule has 1 nitrogen and oxygen atoms in total. The zero-order valence-corrected chi connectivity index (χ0v) is 11.4. The van der Waals surface area contributed by atoms with Crippen molar-refractivity contribution in [1.82, 2.24) is 0 Å². The SMILES string of the molecule is CC[N+](CC)(CC)SSc1ccccc1. The van der Waals surface area contributed by atoms with Crippen molar-refractivity contribution in [2.45, 2.75) is 25.7 Å². The molecule has 84 valence electrons. The average Bonchev–Trinajstić information content (AvgIpc) is 2.33. The van der Waals surface area contributed by atoms with Crippen LogP contribution >= 0.6 is 21.8 Å². The third-order valence-corrected chi connectivity index (χ3v) is 6.14. The summed E-state index contributed by atoms with van der Waals surface area (Å²) in [6, 6.07) is 10.6. The van der Waals surface area contributed by atoms with Gasteiger partial charge in [0, 0.05) is 15.7 Å². The number of rotatable bonds is 6. The Morgan fingerprint density at radius 3 is 1.93 bits per heavy atom. The molecule has 1 aromatic rings. The summed E-state index contributed by atoms with van der Waals surface area (Å²) in [7, 11) is 3.87. The minimum absolute atomic E-state index is 1.12. The summed E-state index contributed by atoms with van der Waals surface area (Å²) < 4.78 is 1.12. The van der Waals surface area contributed by atoms with Gasteiger partial charge in [-0.3, -0.25) is 3.89 Å². The molecule has 0 spiro atoms. The Bertz CT molecular complexity index is 262. The quantitative estimate of drug-likeness (QED) is 0.416. The molecular formula is C12H20NS2+. The van der Waals surface area contributed by atoms with Crippen molar-refractivity contribution < 1.29 is 3.89 Å². The lowest BCUT2D eigenvalue weighted by atomic mass is 10.4. The number of hydrogen-bond donors (Lipinski definition) is 0. The number of hydrogen-bond acceptors (Lipinski definition) is 2. The zero-order chi connectivity index (χ0) is 11.1. The van der Waals surface area contributed by atoms with Gasteiger partial charge >= 0.3 is 0 Å². The summed E-state index contributed by atoms with van der Waals surface area (Å²) >= 11 is 0. The Morgan fingerprint density at radius 2 is 1.47 bits per heavy atom. The highest BCUT2D eigenvalue weighted by molar-refractivity contribution is 8.74. The van der Waals surface area contributed by atoms with Gasteiger partial charge < -0.3 is 0 Å². The number of quaternary nitrogens is 1. The molecule has 0 bridgehead atoms. The van der Waals surface area contributed by atoms with E-state index >= 15 is 0 Å². The third kappa shape index (κ3) is 3.74. The van der Waals surface area contributed by atoms with E-state index in [9.17, 15) is 0 Å². The van der Waals surface area contributed by atoms with Crippen molar-refractivity contribution in [1.29, 1.82) is 0 Å². The number of nitrogens with zero attached hydrogens (tertiary/aromatic N) is 1. The van der Waals surface area contributed by atoms with Crippen LogP contribution in [0.5, 0.6) is 0 Å². The molecule has 1 rings (SSSR count). The first-order valence-corrected chi connectivity index (χ1v) is 7.64. The maximum atomic E-state index is 2.27. The lowest BCUT2D eigenvalue weighted by Crippen LogP contribution is -2.39. The molecule has 15 heavy (non-hydrogen) atoms. The van der Waals surface area contributed by atoms with Crippen molar-refractivity contribution in [3.8, 4) is 0 Å². The van der Waals surface area contributed by atoms with E-state index in [2.05, 4.69) is 51.1 Å². The summed E-state index contributed by atoms with van der Waals surface area (Å²) in [4.78, 5) is 1.35. The van der Waals surface area contributed by atoms with Crippen LogP contribution in [0.4, 0.5) is 0 Å². The molecule has 0 radical (unpaired) electrons. The molecule has 0 N–H and O–H groups in total. The highest BCUT2D eigenvalue weighted by Crippen LogP contribution is 2.38. The van der Waals surface area contributed by atoms with E-state index in [1.54, 1.807) is 0 Å². The van der Waals surface area contributed by atoms with Crippen LogP contribution in [0.25, 0.3) is 0 Å². The van der Waals surface area contributed by atoms with Crippen LogP contribution in [-0.4, -0.2) is 23.5 Å². The Morgan fingerprint density at radius 1 is 0.933 bits per heavy atom. The molecule has 1 aromatic carbocycles. The molecular weight excluding hydrogens is 222 g/mol. The van der Waals surface area contributed by atoms with E-state index in [1.807, 2.05) is 21.8 Å². The summed E-state index contributed by atoms with van der Waals surface area (Å²) in [5, 5.41) is 0. The van der Waals surface area contributed by atoms with Crippen LogP contribution in [0.2, 0.25) is 0 Å². The van der Waals surface area contributed by atoms with E-state index in [4.69, 9.17) is 0 Å². The van der Waals surface area contributed by atoms with Gasteiger partial charge in [0.15, 0.2) is 11.0 Å². The van der Waals surface area contributed by atoms with Crippen LogP contribution in [-0.2, 0) is 0 Å². The Labute approximate surface area is 101 Å². The van der Waals surface area contributed by atoms with Gasteiger partial charge in [0.1, 0.15) is 0 Å². The monoisotopic (exact) mass is 242 g/mol. The molecule has 0 fully saturated rings. The Balaban J connectivity index is 2.54. The van der Waals surface area contributed by atoms with Gasteiger partial charge in [-0.15, -0.1) is 0 Å². The van der Waals surface area contributed by atoms with Crippen LogP contribution in [0.3, 0.4) is 0 Å². The topological polar surface area (TPSA) is 0 Å². The predicted molar refractivity (Wildman–Crippen MR) is 71.8 cm³/mol. The van der Waals surface area contributed by atoms with Crippen LogP contribution < -0.4 is 0 Å². The van der Waals surface area contributed by atoms with E-state index in [1.165, 1.54) is 24.5 Å². The molecule has 0 saturated heterocycles. The van der Waals surface area contributed by atoms with Crippen LogP contribution in [0.15, 0.2) is 35.2 Å².